The van der Waals surface area contributed by atoms with E-state index in [-0.39, 0.29) is 10.8 Å². The monoisotopic (exact) mass is 344 g/mol. The molecule has 0 aliphatic rings. The molecule has 0 atom stereocenters. The highest BCUT2D eigenvalue weighted by Crippen LogP contribution is 2.32. The van der Waals surface area contributed by atoms with Crippen LogP contribution in [0.25, 0.3) is 0 Å². The Morgan fingerprint density at radius 3 is 2.48 bits per heavy atom. The van der Waals surface area contributed by atoms with Crippen LogP contribution in [0.1, 0.15) is 22.8 Å². The number of hydrogen-bond donors (Lipinski definition) is 1. The van der Waals surface area contributed by atoms with Crippen molar-refractivity contribution in [2.75, 3.05) is 11.9 Å². The van der Waals surface area contributed by atoms with Gasteiger partial charge in [-0.2, -0.15) is 13.2 Å². The van der Waals surface area contributed by atoms with E-state index in [4.69, 9.17) is 16.3 Å². The Hall–Kier alpha value is -2.28. The van der Waals surface area contributed by atoms with E-state index < -0.39 is 17.6 Å². The molecule has 0 radical (unpaired) electrons. The van der Waals surface area contributed by atoms with E-state index in [1.165, 1.54) is 12.1 Å². The van der Waals surface area contributed by atoms with Crippen LogP contribution in [-0.2, 0) is 6.18 Å². The average Bonchev–Trinajstić information content (AvgIpc) is 2.49. The summed E-state index contributed by atoms with van der Waals surface area (Å²) >= 11 is 5.74. The molecule has 2 aromatic rings. The molecule has 1 aromatic carbocycles. The second-order valence-corrected chi connectivity index (χ2v) is 4.87. The first-order valence-corrected chi connectivity index (χ1v) is 6.96. The molecule has 0 fully saturated rings. The third kappa shape index (κ3) is 4.35. The third-order valence-corrected chi connectivity index (χ3v) is 3.12. The fraction of sp³-hybridized carbons (Fsp3) is 0.200. The van der Waals surface area contributed by atoms with Gasteiger partial charge in [-0.1, -0.05) is 11.6 Å². The van der Waals surface area contributed by atoms with E-state index in [0.717, 1.165) is 0 Å². The summed E-state index contributed by atoms with van der Waals surface area (Å²) in [5.74, 6) is -0.0736. The predicted octanol–water partition coefficient (Wildman–Crippen LogP) is 4.40. The fourth-order valence-electron chi connectivity index (χ4n) is 1.73. The number of aromatic nitrogens is 1. The first-order valence-electron chi connectivity index (χ1n) is 6.58. The second-order valence-electron chi connectivity index (χ2n) is 4.46. The van der Waals surface area contributed by atoms with E-state index in [1.54, 1.807) is 12.1 Å². The van der Waals surface area contributed by atoms with Crippen LogP contribution in [-0.4, -0.2) is 17.5 Å². The number of carbonyl (C=O) groups excluding carboxylic acids is 1. The molecular weight excluding hydrogens is 333 g/mol. The highest BCUT2D eigenvalue weighted by Gasteiger charge is 2.31. The first kappa shape index (κ1) is 17.1. The van der Waals surface area contributed by atoms with Gasteiger partial charge < -0.3 is 10.1 Å². The van der Waals surface area contributed by atoms with E-state index in [0.29, 0.717) is 30.2 Å². The number of rotatable bonds is 4. The molecule has 0 aliphatic heterocycles. The van der Waals surface area contributed by atoms with E-state index in [9.17, 15) is 18.0 Å². The quantitative estimate of drug-likeness (QED) is 0.894. The summed E-state index contributed by atoms with van der Waals surface area (Å²) in [7, 11) is 0. The lowest BCUT2D eigenvalue weighted by molar-refractivity contribution is -0.137. The van der Waals surface area contributed by atoms with Crippen LogP contribution in [0.3, 0.4) is 0 Å². The van der Waals surface area contributed by atoms with Crippen molar-refractivity contribution < 1.29 is 22.7 Å². The van der Waals surface area contributed by atoms with Crippen LogP contribution in [0.5, 0.6) is 5.75 Å². The Labute approximate surface area is 135 Å². The van der Waals surface area contributed by atoms with Crippen LogP contribution in [0.2, 0.25) is 5.02 Å². The molecule has 23 heavy (non-hydrogen) atoms. The largest absolute Gasteiger partial charge is 0.494 e. The maximum absolute atomic E-state index is 12.5. The molecule has 0 saturated heterocycles. The van der Waals surface area contributed by atoms with Crippen molar-refractivity contribution in [3.05, 3.63) is 52.7 Å². The summed E-state index contributed by atoms with van der Waals surface area (Å²) in [6, 6.07) is 6.99. The number of anilines is 1. The minimum Gasteiger partial charge on any atom is -0.494 e. The number of hydrogen-bond acceptors (Lipinski definition) is 3. The Bertz CT molecular complexity index is 703. The van der Waals surface area contributed by atoms with Crippen molar-refractivity contribution in [2.24, 2.45) is 0 Å². The highest BCUT2D eigenvalue weighted by molar-refractivity contribution is 6.33. The number of nitrogens with zero attached hydrogens (tertiary/aromatic N) is 1. The van der Waals surface area contributed by atoms with Crippen molar-refractivity contribution in [3.63, 3.8) is 0 Å². The van der Waals surface area contributed by atoms with Gasteiger partial charge in [0, 0.05) is 11.8 Å². The number of pyridine rings is 1. The molecule has 1 N–H and O–H groups in total. The van der Waals surface area contributed by atoms with Crippen molar-refractivity contribution in [3.8, 4) is 5.75 Å². The summed E-state index contributed by atoms with van der Waals surface area (Å²) in [6.07, 6.45) is -3.94. The van der Waals surface area contributed by atoms with Gasteiger partial charge in [-0.25, -0.2) is 4.98 Å². The van der Waals surface area contributed by atoms with Gasteiger partial charge >= 0.3 is 6.18 Å². The number of alkyl halides is 3. The number of nitrogens with one attached hydrogen (secondary N) is 1. The molecule has 4 nitrogen and oxygen atoms in total. The van der Waals surface area contributed by atoms with Crippen molar-refractivity contribution in [2.45, 2.75) is 13.1 Å². The number of amides is 1. The Morgan fingerprint density at radius 1 is 1.30 bits per heavy atom. The van der Waals surface area contributed by atoms with Crippen molar-refractivity contribution in [1.29, 1.82) is 0 Å². The van der Waals surface area contributed by atoms with Gasteiger partial charge in [0.1, 0.15) is 5.75 Å². The zero-order valence-electron chi connectivity index (χ0n) is 11.9. The third-order valence-electron chi connectivity index (χ3n) is 2.83. The summed E-state index contributed by atoms with van der Waals surface area (Å²) in [6.45, 7) is 2.33. The molecule has 1 amide bonds. The lowest BCUT2D eigenvalue weighted by atomic mass is 10.2. The molecule has 8 heteroatoms. The molecular formula is C15H12ClF3N2O2. The van der Waals surface area contributed by atoms with Crippen molar-refractivity contribution >= 4 is 23.3 Å². The van der Waals surface area contributed by atoms with Crippen molar-refractivity contribution in [1.82, 2.24) is 4.98 Å². The molecule has 2 rings (SSSR count). The van der Waals surface area contributed by atoms with E-state index in [2.05, 4.69) is 10.3 Å². The van der Waals surface area contributed by atoms with Gasteiger partial charge in [0.15, 0.2) is 5.82 Å². The van der Waals surface area contributed by atoms with Crippen LogP contribution in [0.15, 0.2) is 36.5 Å². The zero-order chi connectivity index (χ0) is 17.0. The lowest BCUT2D eigenvalue weighted by Gasteiger charge is -2.10. The SMILES string of the molecule is CCOc1ccc(C(=O)Nc2ncc(C(F)(F)F)cc2Cl)cc1. The number of benzene rings is 1. The average molecular weight is 345 g/mol. The standard InChI is InChI=1S/C15H12ClF3N2O2/c1-2-23-11-5-3-9(4-6-11)14(22)21-13-12(16)7-10(8-20-13)15(17,18)19/h3-8H,2H2,1H3,(H,20,21,22). The maximum Gasteiger partial charge on any atom is 0.417 e. The Kier molecular flexibility index (Phi) is 5.10. The molecule has 0 unspecified atom stereocenters. The highest BCUT2D eigenvalue weighted by atomic mass is 35.5. The number of carbonyl (C=O) groups is 1. The molecule has 0 saturated carbocycles. The molecule has 1 heterocycles. The van der Waals surface area contributed by atoms with Crippen LogP contribution < -0.4 is 10.1 Å². The molecule has 1 aromatic heterocycles. The summed E-state index contributed by atoms with van der Waals surface area (Å²) in [5.41, 5.74) is -0.687. The van der Waals surface area contributed by atoms with Gasteiger partial charge in [-0.15, -0.1) is 0 Å². The van der Waals surface area contributed by atoms with Crippen LogP contribution in [0, 0.1) is 0 Å². The second kappa shape index (κ2) is 6.87. The smallest absolute Gasteiger partial charge is 0.417 e. The van der Waals surface area contributed by atoms with Gasteiger partial charge in [-0.3, -0.25) is 4.79 Å². The number of ether oxygens (including phenoxy) is 1. The minimum atomic E-state index is -4.55. The van der Waals surface area contributed by atoms with Gasteiger partial charge in [0.2, 0.25) is 0 Å². The first-order chi connectivity index (χ1) is 10.8. The molecule has 0 bridgehead atoms. The van der Waals surface area contributed by atoms with Crippen LogP contribution >= 0.6 is 11.6 Å². The fourth-order valence-corrected chi connectivity index (χ4v) is 1.95. The molecule has 0 spiro atoms. The summed E-state index contributed by atoms with van der Waals surface area (Å²) < 4.78 is 42.8. The zero-order valence-corrected chi connectivity index (χ0v) is 12.7. The Morgan fingerprint density at radius 2 is 1.96 bits per heavy atom. The lowest BCUT2D eigenvalue weighted by Crippen LogP contribution is -2.14. The van der Waals surface area contributed by atoms with E-state index >= 15 is 0 Å². The summed E-state index contributed by atoms with van der Waals surface area (Å²) in [4.78, 5) is 15.6. The molecule has 122 valence electrons. The van der Waals surface area contributed by atoms with Crippen LogP contribution in [0.4, 0.5) is 19.0 Å². The van der Waals surface area contributed by atoms with Gasteiger partial charge in [0.05, 0.1) is 17.2 Å². The Balaban J connectivity index is 2.14. The van der Waals surface area contributed by atoms with Gasteiger partial charge in [0.25, 0.3) is 5.91 Å². The normalized spacial score (nSPS) is 11.2. The predicted molar refractivity (Wildman–Crippen MR) is 79.8 cm³/mol. The number of halogens is 4. The molecule has 0 aliphatic carbocycles. The maximum atomic E-state index is 12.5. The summed E-state index contributed by atoms with van der Waals surface area (Å²) in [5, 5.41) is 2.07. The minimum absolute atomic E-state index is 0.140. The van der Waals surface area contributed by atoms with Gasteiger partial charge in [-0.05, 0) is 37.3 Å². The topological polar surface area (TPSA) is 51.2 Å². The van der Waals surface area contributed by atoms with E-state index in [1.807, 2.05) is 6.92 Å².